The summed E-state index contributed by atoms with van der Waals surface area (Å²) in [7, 11) is 0. The number of hydrogen-bond donors (Lipinski definition) is 0. The summed E-state index contributed by atoms with van der Waals surface area (Å²) in [4.78, 5) is 0. The first-order valence-corrected chi connectivity index (χ1v) is 12.9. The van der Waals surface area contributed by atoms with Gasteiger partial charge in [-0.2, -0.15) is 29.7 Å². The second-order valence-electron chi connectivity index (χ2n) is 8.15. The van der Waals surface area contributed by atoms with E-state index in [0.717, 1.165) is 0 Å². The minimum Gasteiger partial charge on any atom is -0.168 e. The van der Waals surface area contributed by atoms with Crippen LogP contribution in [0.2, 0.25) is 0 Å². The Bertz CT molecular complexity index is 1580. The SMILES string of the molecule is [Cl-].[Cl-].[Zr+2]=[B]c1ccccc1.c1ccc2[cH-]ccc2c1.c1ccc2c(c1)c1ccccc1c1[cH-]ccc21. The number of fused-ring (bicyclic) bond motifs is 7. The minimum atomic E-state index is 0. The molecule has 7 aromatic carbocycles. The molecule has 0 radical (unpaired) electrons. The summed E-state index contributed by atoms with van der Waals surface area (Å²) in [5.41, 5.74) is 1.32. The molecule has 7 rings (SSSR count). The van der Waals surface area contributed by atoms with E-state index in [2.05, 4.69) is 138 Å². The zero-order chi connectivity index (χ0) is 23.2. The predicted octanol–water partition coefficient (Wildman–Crippen LogP) is 1.91. The van der Waals surface area contributed by atoms with Gasteiger partial charge in [0.1, 0.15) is 0 Å². The van der Waals surface area contributed by atoms with E-state index < -0.39 is 0 Å². The van der Waals surface area contributed by atoms with Gasteiger partial charge in [0.2, 0.25) is 0 Å². The first-order valence-electron chi connectivity index (χ1n) is 11.5. The van der Waals surface area contributed by atoms with E-state index in [4.69, 9.17) is 0 Å². The van der Waals surface area contributed by atoms with E-state index in [9.17, 15) is 0 Å². The van der Waals surface area contributed by atoms with Gasteiger partial charge in [0.05, 0.1) is 0 Å². The molecule has 7 aromatic rings. The Kier molecular flexibility index (Phi) is 10.6. The van der Waals surface area contributed by atoms with Crippen molar-refractivity contribution in [2.45, 2.75) is 0 Å². The molecule has 0 nitrogen and oxygen atoms in total. The van der Waals surface area contributed by atoms with Crippen molar-refractivity contribution in [2.24, 2.45) is 0 Å². The van der Waals surface area contributed by atoms with Crippen LogP contribution in [-0.4, -0.2) is 4.37 Å². The summed E-state index contributed by atoms with van der Waals surface area (Å²) >= 11 is 1.46. The third kappa shape index (κ3) is 6.19. The molecule has 4 heteroatoms. The van der Waals surface area contributed by atoms with E-state index >= 15 is 0 Å². The van der Waals surface area contributed by atoms with Gasteiger partial charge in [-0.15, -0.1) is 46.5 Å². The van der Waals surface area contributed by atoms with Crippen LogP contribution in [0, 0.1) is 0 Å². The first-order chi connectivity index (χ1) is 16.8. The van der Waals surface area contributed by atoms with Gasteiger partial charge in [0.25, 0.3) is 0 Å². The number of halogens is 2. The fourth-order valence-corrected chi connectivity index (χ4v) is 4.89. The molecule has 0 saturated heterocycles. The van der Waals surface area contributed by atoms with E-state index in [1.807, 2.05) is 6.07 Å². The maximum atomic E-state index is 2.21. The standard InChI is InChI=1S/C17H11.C9H7.C6H5B.2ClH.Zr/c1-3-8-14-12(6-1)13-7-2-4-9-15(13)17-11-5-10-16(14)17;1-2-5-9-7-3-6-8(9)4-1;7-6-4-2-1-3-5-6;;;/h1-11H;1-7H;1-5H;2*1H;/q2*-1;;;;+2/p-2. The first kappa shape index (κ1) is 27.9. The normalized spacial score (nSPS) is 9.83. The van der Waals surface area contributed by atoms with Crippen molar-refractivity contribution in [1.82, 2.24) is 0 Å². The number of rotatable bonds is 1. The van der Waals surface area contributed by atoms with Crippen molar-refractivity contribution in [3.05, 3.63) is 140 Å². The van der Waals surface area contributed by atoms with E-state index in [0.29, 0.717) is 0 Å². The van der Waals surface area contributed by atoms with Crippen LogP contribution >= 0.6 is 0 Å². The van der Waals surface area contributed by atoms with Crippen LogP contribution in [0.1, 0.15) is 0 Å². The van der Waals surface area contributed by atoms with Gasteiger partial charge in [-0.05, 0) is 5.39 Å². The Hall–Kier alpha value is -2.63. The van der Waals surface area contributed by atoms with E-state index in [-0.39, 0.29) is 24.8 Å². The van der Waals surface area contributed by atoms with Crippen molar-refractivity contribution in [2.75, 3.05) is 0 Å². The molecule has 0 aliphatic heterocycles. The average molecular weight is 580 g/mol. The van der Waals surface area contributed by atoms with Crippen LogP contribution in [-0.2, 0) is 24.0 Å². The van der Waals surface area contributed by atoms with Crippen LogP contribution in [0.15, 0.2) is 140 Å². The van der Waals surface area contributed by atoms with E-state index in [1.54, 1.807) is 0 Å². The number of hydrogen-bond acceptors (Lipinski definition) is 0. The largest absolute Gasteiger partial charge is 0.168 e. The van der Waals surface area contributed by atoms with Crippen molar-refractivity contribution in [1.29, 1.82) is 0 Å². The zero-order valence-electron chi connectivity index (χ0n) is 19.6. The molecular weight excluding hydrogens is 557 g/mol. The Balaban J connectivity index is 0.000000162. The molecule has 0 amide bonds. The fourth-order valence-electron chi connectivity index (χ4n) is 4.41. The topological polar surface area (TPSA) is 0 Å². The van der Waals surface area contributed by atoms with Gasteiger partial charge in [0.15, 0.2) is 0 Å². The average Bonchev–Trinajstić information content (AvgIpc) is 3.60. The van der Waals surface area contributed by atoms with Crippen LogP contribution in [0.4, 0.5) is 0 Å². The van der Waals surface area contributed by atoms with Gasteiger partial charge in [-0.1, -0.05) is 70.8 Å². The summed E-state index contributed by atoms with van der Waals surface area (Å²) in [5.74, 6) is 0. The Morgan fingerprint density at radius 3 is 1.58 bits per heavy atom. The minimum absolute atomic E-state index is 0. The maximum Gasteiger partial charge on any atom is -0.0293 e. The molecule has 0 aromatic heterocycles. The van der Waals surface area contributed by atoms with Crippen molar-refractivity contribution >= 4 is 52.9 Å². The molecule has 0 spiro atoms. The van der Waals surface area contributed by atoms with E-state index in [1.165, 1.54) is 72.5 Å². The van der Waals surface area contributed by atoms with Gasteiger partial charge in [-0.3, -0.25) is 0 Å². The van der Waals surface area contributed by atoms with Gasteiger partial charge in [0, 0.05) is 0 Å². The summed E-state index contributed by atoms with van der Waals surface area (Å²) in [6.07, 6.45) is 0. The quantitative estimate of drug-likeness (QED) is 0.158. The Labute approximate surface area is 239 Å². The van der Waals surface area contributed by atoms with Gasteiger partial charge >= 0.3 is 64.2 Å². The Morgan fingerprint density at radius 2 is 0.972 bits per heavy atom. The molecule has 0 fully saturated rings. The predicted molar refractivity (Wildman–Crippen MR) is 146 cm³/mol. The molecule has 174 valence electrons. The van der Waals surface area contributed by atoms with Crippen LogP contribution in [0.3, 0.4) is 0 Å². The summed E-state index contributed by atoms with van der Waals surface area (Å²) in [6, 6.07) is 48.9. The molecule has 0 heterocycles. The molecule has 0 N–H and O–H groups in total. The third-order valence-electron chi connectivity index (χ3n) is 6.05. The molecule has 0 saturated carbocycles. The fraction of sp³-hybridized carbons (Fsp3) is 0. The molecular formula is C32H23BCl2Zr-2. The molecule has 36 heavy (non-hydrogen) atoms. The summed E-state index contributed by atoms with van der Waals surface area (Å²) in [5, 5.41) is 10.8. The zero-order valence-corrected chi connectivity index (χ0v) is 23.6. The second-order valence-corrected chi connectivity index (χ2v) is 8.86. The van der Waals surface area contributed by atoms with Crippen LogP contribution < -0.4 is 30.3 Å². The molecule has 0 bridgehead atoms. The van der Waals surface area contributed by atoms with Gasteiger partial charge in [-0.25, -0.2) is 0 Å². The van der Waals surface area contributed by atoms with Gasteiger partial charge < -0.3 is 24.8 Å². The molecule has 0 atom stereocenters. The number of benzene rings is 5. The van der Waals surface area contributed by atoms with Crippen LogP contribution in [0.5, 0.6) is 0 Å². The monoisotopic (exact) mass is 578 g/mol. The Morgan fingerprint density at radius 1 is 0.472 bits per heavy atom. The van der Waals surface area contributed by atoms with Crippen molar-refractivity contribution in [3.8, 4) is 0 Å². The van der Waals surface area contributed by atoms with Crippen molar-refractivity contribution in [3.63, 3.8) is 0 Å². The third-order valence-corrected chi connectivity index (χ3v) is 6.87. The molecule has 0 aliphatic carbocycles. The van der Waals surface area contributed by atoms with Crippen LogP contribution in [0.25, 0.3) is 43.1 Å². The smallest absolute Gasteiger partial charge is 0.0293 e. The summed E-state index contributed by atoms with van der Waals surface area (Å²) < 4.78 is 2.17. The molecule has 0 unspecified atom stereocenters. The summed E-state index contributed by atoms with van der Waals surface area (Å²) in [6.45, 7) is 0. The maximum absolute atomic E-state index is 2.21. The molecule has 0 aliphatic rings. The second kappa shape index (κ2) is 13.6. The van der Waals surface area contributed by atoms with Crippen molar-refractivity contribution < 1.29 is 48.8 Å².